The first-order valence-electron chi connectivity index (χ1n) is 4.21. The van der Waals surface area contributed by atoms with Gasteiger partial charge in [-0.05, 0) is 12.2 Å². The topological polar surface area (TPSA) is 93.4 Å². The largest absolute Gasteiger partial charge is 0.469 e. The molecule has 0 aromatic heterocycles. The van der Waals surface area contributed by atoms with Gasteiger partial charge in [-0.15, -0.1) is 0 Å². The highest BCUT2D eigenvalue weighted by Gasteiger charge is 2.51. The summed E-state index contributed by atoms with van der Waals surface area (Å²) in [5, 5.41) is 37.9. The number of hydrogen-bond donors (Lipinski definition) is 4. The van der Waals surface area contributed by atoms with Gasteiger partial charge in [0.2, 0.25) is 0 Å². The van der Waals surface area contributed by atoms with Crippen LogP contribution in [0, 0.1) is 0 Å². The second-order valence-electron chi connectivity index (χ2n) is 3.44. The van der Waals surface area contributed by atoms with Crippen molar-refractivity contribution in [1.82, 2.24) is 4.90 Å². The molecule has 0 amide bonds. The van der Waals surface area contributed by atoms with Gasteiger partial charge >= 0.3 is 0 Å². The van der Waals surface area contributed by atoms with E-state index >= 15 is 0 Å². The Morgan fingerprint density at radius 2 is 1.79 bits per heavy atom. The Morgan fingerprint density at radius 1 is 1.14 bits per heavy atom. The Bertz CT molecular complexity index is 262. The number of hydrogen-bond acceptors (Lipinski definition) is 6. The van der Waals surface area contributed by atoms with Crippen molar-refractivity contribution in [1.29, 1.82) is 0 Å². The summed E-state index contributed by atoms with van der Waals surface area (Å²) in [7, 11) is 0. The van der Waals surface area contributed by atoms with Gasteiger partial charge in [-0.3, -0.25) is 4.90 Å². The van der Waals surface area contributed by atoms with Crippen LogP contribution in [0.5, 0.6) is 0 Å². The van der Waals surface area contributed by atoms with Crippen LogP contribution in [0.1, 0.15) is 0 Å². The molecule has 2 rings (SSSR count). The molecule has 0 bridgehead atoms. The maximum Gasteiger partial charge on any atom is 0.261 e. The lowest BCUT2D eigenvalue weighted by Crippen LogP contribution is -2.65. The number of nitrogens with zero attached hydrogens (tertiary/aromatic N) is 1. The molecule has 0 aliphatic carbocycles. The van der Waals surface area contributed by atoms with Crippen LogP contribution in [0.25, 0.3) is 0 Å². The quantitative estimate of drug-likeness (QED) is 0.333. The van der Waals surface area contributed by atoms with Crippen LogP contribution in [0.2, 0.25) is 0 Å². The van der Waals surface area contributed by atoms with E-state index in [9.17, 15) is 20.4 Å². The molecular weight excluding hydrogens is 210 g/mol. The molecule has 0 unspecified atom stereocenters. The molecule has 2 heterocycles. The number of fused-ring (bicyclic) bond motifs is 1. The van der Waals surface area contributed by atoms with Crippen LogP contribution < -0.4 is 0 Å². The number of rotatable bonds is 0. The van der Waals surface area contributed by atoms with Crippen molar-refractivity contribution in [2.24, 2.45) is 0 Å². The molecule has 2 aliphatic heterocycles. The predicted octanol–water partition coefficient (Wildman–Crippen LogP) is -2.61. The van der Waals surface area contributed by atoms with Gasteiger partial charge < -0.3 is 25.2 Å². The van der Waals surface area contributed by atoms with Crippen LogP contribution in [0.15, 0.2) is 0 Å². The minimum Gasteiger partial charge on any atom is -0.469 e. The molecule has 0 saturated carbocycles. The molecule has 2 saturated heterocycles. The molecule has 14 heavy (non-hydrogen) atoms. The zero-order valence-corrected chi connectivity index (χ0v) is 7.96. The molecule has 80 valence electrons. The van der Waals surface area contributed by atoms with Gasteiger partial charge in [-0.25, -0.2) is 0 Å². The lowest BCUT2D eigenvalue weighted by molar-refractivity contribution is -0.190. The molecular formula is C7H11NO5S. The van der Waals surface area contributed by atoms with Gasteiger partial charge in [0.25, 0.3) is 5.17 Å². The Balaban J connectivity index is 2.27. The van der Waals surface area contributed by atoms with Crippen LogP contribution in [0.4, 0.5) is 0 Å². The highest BCUT2D eigenvalue weighted by molar-refractivity contribution is 7.80. The highest BCUT2D eigenvalue weighted by Crippen LogP contribution is 2.28. The van der Waals surface area contributed by atoms with E-state index in [1.165, 1.54) is 4.90 Å². The van der Waals surface area contributed by atoms with E-state index in [1.807, 2.05) is 0 Å². The molecule has 0 aromatic carbocycles. The van der Waals surface area contributed by atoms with Gasteiger partial charge in [-0.2, -0.15) is 0 Å². The van der Waals surface area contributed by atoms with Crippen molar-refractivity contribution in [3.63, 3.8) is 0 Å². The molecule has 0 radical (unpaired) electrons. The second-order valence-corrected chi connectivity index (χ2v) is 3.79. The first-order valence-corrected chi connectivity index (χ1v) is 4.62. The standard InChI is InChI=1S/C7H11NO5S/c9-3-2-1-13-7(14)8(2)6(12)5(11)4(3)10/h2-6,9-12H,1H2/t2-,3-,4-,5-,6-/m1/s1. The van der Waals surface area contributed by atoms with E-state index in [4.69, 9.17) is 17.0 Å². The molecule has 0 aromatic rings. The molecule has 5 atom stereocenters. The molecule has 2 fully saturated rings. The van der Waals surface area contributed by atoms with Crippen molar-refractivity contribution in [2.75, 3.05) is 6.61 Å². The van der Waals surface area contributed by atoms with E-state index in [0.717, 1.165) is 0 Å². The van der Waals surface area contributed by atoms with Crippen molar-refractivity contribution in [3.05, 3.63) is 0 Å². The van der Waals surface area contributed by atoms with E-state index in [1.54, 1.807) is 0 Å². The minimum absolute atomic E-state index is 0.0347. The third-order valence-corrected chi connectivity index (χ3v) is 2.96. The summed E-state index contributed by atoms with van der Waals surface area (Å²) in [6, 6.07) is -0.587. The lowest BCUT2D eigenvalue weighted by Gasteiger charge is -2.42. The fourth-order valence-electron chi connectivity index (χ4n) is 1.78. The van der Waals surface area contributed by atoms with Crippen molar-refractivity contribution < 1.29 is 25.2 Å². The minimum atomic E-state index is -1.44. The third-order valence-electron chi connectivity index (χ3n) is 2.63. The van der Waals surface area contributed by atoms with E-state index in [0.29, 0.717) is 0 Å². The van der Waals surface area contributed by atoms with E-state index in [-0.39, 0.29) is 11.8 Å². The van der Waals surface area contributed by atoms with Crippen molar-refractivity contribution in [3.8, 4) is 0 Å². The highest BCUT2D eigenvalue weighted by atomic mass is 32.1. The Morgan fingerprint density at radius 3 is 2.43 bits per heavy atom. The monoisotopic (exact) mass is 221 g/mol. The molecule has 6 nitrogen and oxygen atoms in total. The zero-order valence-electron chi connectivity index (χ0n) is 7.15. The number of aliphatic hydroxyl groups is 4. The predicted molar refractivity (Wildman–Crippen MR) is 48.2 cm³/mol. The first kappa shape index (κ1) is 10.1. The van der Waals surface area contributed by atoms with Crippen LogP contribution in [-0.4, -0.2) is 67.7 Å². The summed E-state index contributed by atoms with van der Waals surface area (Å²) in [6.45, 7) is 0.112. The smallest absolute Gasteiger partial charge is 0.261 e. The van der Waals surface area contributed by atoms with Crippen molar-refractivity contribution >= 4 is 17.4 Å². The van der Waals surface area contributed by atoms with Crippen LogP contribution in [0.3, 0.4) is 0 Å². The maximum atomic E-state index is 9.55. The maximum absolute atomic E-state index is 9.55. The van der Waals surface area contributed by atoms with Gasteiger partial charge in [0.05, 0.1) is 6.04 Å². The molecule has 4 N–H and O–H groups in total. The average molecular weight is 221 g/mol. The number of piperidine rings is 1. The summed E-state index contributed by atoms with van der Waals surface area (Å²) in [5.41, 5.74) is 0. The van der Waals surface area contributed by atoms with Crippen LogP contribution in [-0.2, 0) is 4.74 Å². The Labute approximate surface area is 85.3 Å². The summed E-state index contributed by atoms with van der Waals surface area (Å²) in [5.74, 6) is 0. The SMILES string of the molecule is O[C@H]1[C@@H](O)[C@@H](O)N2C(=S)OC[C@@H]2[C@H]1O. The van der Waals surface area contributed by atoms with Gasteiger partial charge in [0.1, 0.15) is 24.9 Å². The second kappa shape index (κ2) is 3.28. The molecule has 2 aliphatic rings. The summed E-state index contributed by atoms with van der Waals surface area (Å²) in [4.78, 5) is 1.21. The van der Waals surface area contributed by atoms with Gasteiger partial charge in [0.15, 0.2) is 6.23 Å². The summed E-state index contributed by atoms with van der Waals surface area (Å²) in [6.07, 6.45) is -5.32. The third kappa shape index (κ3) is 1.21. The van der Waals surface area contributed by atoms with Gasteiger partial charge in [-0.1, -0.05) is 0 Å². The van der Waals surface area contributed by atoms with Crippen molar-refractivity contribution in [2.45, 2.75) is 30.6 Å². The fraction of sp³-hybridized carbons (Fsp3) is 0.857. The Kier molecular flexibility index (Phi) is 2.36. The van der Waals surface area contributed by atoms with E-state index in [2.05, 4.69) is 0 Å². The van der Waals surface area contributed by atoms with E-state index < -0.39 is 30.6 Å². The summed E-state index contributed by atoms with van der Waals surface area (Å²) >= 11 is 4.78. The normalized spacial score (nSPS) is 47.6. The molecule has 7 heteroatoms. The van der Waals surface area contributed by atoms with Crippen LogP contribution >= 0.6 is 12.2 Å². The molecule has 0 spiro atoms. The number of ether oxygens (including phenoxy) is 1. The number of thiocarbonyl (C=S) groups is 1. The first-order chi connectivity index (χ1) is 6.54. The zero-order chi connectivity index (χ0) is 10.5. The fourth-order valence-corrected chi connectivity index (χ4v) is 2.10. The number of aliphatic hydroxyl groups excluding tert-OH is 4. The van der Waals surface area contributed by atoms with Gasteiger partial charge in [0, 0.05) is 0 Å². The Hall–Kier alpha value is -0.470. The average Bonchev–Trinajstić information content (AvgIpc) is 2.54. The lowest BCUT2D eigenvalue weighted by atomic mass is 9.94. The summed E-state index contributed by atoms with van der Waals surface area (Å²) < 4.78 is 4.95.